The number of ether oxygens (including phenoxy) is 4. The summed E-state index contributed by atoms with van der Waals surface area (Å²) in [6.45, 7) is 2.60. The maximum absolute atomic E-state index is 11.4. The molecule has 4 N–H and O–H groups in total. The van der Waals surface area contributed by atoms with E-state index >= 15 is 0 Å². The molecule has 2 aromatic rings. The molecule has 1 aromatic carbocycles. The van der Waals surface area contributed by atoms with E-state index in [-0.39, 0.29) is 11.9 Å². The fourth-order valence-electron chi connectivity index (χ4n) is 2.75. The van der Waals surface area contributed by atoms with Gasteiger partial charge >= 0.3 is 5.97 Å². The standard InChI is InChI=1S/C20H28N4O5/c1-4-28-17(25)7-5-6-8-29-18-15(26-2)10-13(11-16(18)27-3)9-14-12-23-20(22)24-19(14)21/h10-12H,4-9H2,1-3H3,(H4,21,22,23,24). The number of anilines is 2. The Morgan fingerprint density at radius 3 is 2.38 bits per heavy atom. The molecule has 1 heterocycles. The first-order valence-electron chi connectivity index (χ1n) is 9.38. The number of aromatic nitrogens is 2. The average Bonchev–Trinajstić information content (AvgIpc) is 2.70. The van der Waals surface area contributed by atoms with E-state index in [2.05, 4.69) is 9.97 Å². The first-order valence-corrected chi connectivity index (χ1v) is 9.38. The minimum absolute atomic E-state index is 0.133. The maximum atomic E-state index is 11.4. The summed E-state index contributed by atoms with van der Waals surface area (Å²) in [6, 6.07) is 3.71. The summed E-state index contributed by atoms with van der Waals surface area (Å²) in [5, 5.41) is 0. The first kappa shape index (κ1) is 22.1. The van der Waals surface area contributed by atoms with Gasteiger partial charge < -0.3 is 30.4 Å². The quantitative estimate of drug-likeness (QED) is 0.428. The predicted octanol–water partition coefficient (Wildman–Crippen LogP) is 2.36. The molecule has 0 spiro atoms. The number of carbonyl (C=O) groups is 1. The third-order valence-electron chi connectivity index (χ3n) is 4.16. The highest BCUT2D eigenvalue weighted by Crippen LogP contribution is 2.39. The van der Waals surface area contributed by atoms with Gasteiger partial charge in [0.25, 0.3) is 0 Å². The van der Waals surface area contributed by atoms with Crippen molar-refractivity contribution in [2.45, 2.75) is 32.6 Å². The molecule has 0 aliphatic rings. The highest BCUT2D eigenvalue weighted by atomic mass is 16.5. The molecule has 29 heavy (non-hydrogen) atoms. The number of methoxy groups -OCH3 is 2. The van der Waals surface area contributed by atoms with Crippen LogP contribution in [0.3, 0.4) is 0 Å². The summed E-state index contributed by atoms with van der Waals surface area (Å²) in [5.41, 5.74) is 13.1. The van der Waals surface area contributed by atoms with Gasteiger partial charge in [-0.05, 0) is 37.5 Å². The van der Waals surface area contributed by atoms with Crippen LogP contribution in [0.4, 0.5) is 11.8 Å². The Morgan fingerprint density at radius 2 is 1.79 bits per heavy atom. The molecular formula is C20H28N4O5. The zero-order chi connectivity index (χ0) is 21.2. The van der Waals surface area contributed by atoms with Crippen molar-refractivity contribution in [1.29, 1.82) is 0 Å². The van der Waals surface area contributed by atoms with Gasteiger partial charge in [-0.3, -0.25) is 4.79 Å². The number of benzene rings is 1. The van der Waals surface area contributed by atoms with E-state index in [0.717, 1.165) is 11.1 Å². The molecule has 0 amide bonds. The fourth-order valence-corrected chi connectivity index (χ4v) is 2.75. The summed E-state index contributed by atoms with van der Waals surface area (Å²) in [4.78, 5) is 19.3. The summed E-state index contributed by atoms with van der Waals surface area (Å²) < 4.78 is 21.7. The van der Waals surface area contributed by atoms with Crippen molar-refractivity contribution in [3.8, 4) is 17.2 Å². The number of nitrogens with two attached hydrogens (primary N) is 2. The second kappa shape index (κ2) is 10.9. The molecule has 0 radical (unpaired) electrons. The zero-order valence-corrected chi connectivity index (χ0v) is 17.1. The Hall–Kier alpha value is -3.23. The van der Waals surface area contributed by atoms with E-state index in [1.54, 1.807) is 27.3 Å². The van der Waals surface area contributed by atoms with Gasteiger partial charge in [-0.25, -0.2) is 4.98 Å². The van der Waals surface area contributed by atoms with Crippen LogP contribution in [0.2, 0.25) is 0 Å². The lowest BCUT2D eigenvalue weighted by Crippen LogP contribution is -2.06. The van der Waals surface area contributed by atoms with Crippen LogP contribution in [0.25, 0.3) is 0 Å². The SMILES string of the molecule is CCOC(=O)CCCCOc1c(OC)cc(Cc2cnc(N)nc2N)cc1OC. The van der Waals surface area contributed by atoms with E-state index < -0.39 is 0 Å². The van der Waals surface area contributed by atoms with Crippen molar-refractivity contribution in [2.24, 2.45) is 0 Å². The molecule has 0 aliphatic carbocycles. The minimum Gasteiger partial charge on any atom is -0.493 e. The van der Waals surface area contributed by atoms with Crippen molar-refractivity contribution in [3.05, 3.63) is 29.5 Å². The number of carbonyl (C=O) groups excluding carboxylic acids is 1. The summed E-state index contributed by atoms with van der Waals surface area (Å²) >= 11 is 0. The smallest absolute Gasteiger partial charge is 0.305 e. The van der Waals surface area contributed by atoms with Crippen LogP contribution in [0.1, 0.15) is 37.3 Å². The molecule has 9 heteroatoms. The lowest BCUT2D eigenvalue weighted by Gasteiger charge is -2.16. The van der Waals surface area contributed by atoms with Gasteiger partial charge in [0.1, 0.15) is 5.82 Å². The number of esters is 1. The average molecular weight is 404 g/mol. The van der Waals surface area contributed by atoms with Crippen LogP contribution in [0, 0.1) is 0 Å². The van der Waals surface area contributed by atoms with E-state index in [4.69, 9.17) is 30.4 Å². The van der Waals surface area contributed by atoms with Crippen LogP contribution in [-0.2, 0) is 16.0 Å². The summed E-state index contributed by atoms with van der Waals surface area (Å²) in [7, 11) is 3.12. The van der Waals surface area contributed by atoms with Crippen LogP contribution in [0.15, 0.2) is 18.3 Å². The van der Waals surface area contributed by atoms with E-state index in [9.17, 15) is 4.79 Å². The lowest BCUT2D eigenvalue weighted by molar-refractivity contribution is -0.143. The molecule has 0 unspecified atom stereocenters. The minimum atomic E-state index is -0.196. The summed E-state index contributed by atoms with van der Waals surface area (Å²) in [6.07, 6.45) is 3.84. The Labute approximate surface area is 170 Å². The number of hydrogen-bond donors (Lipinski definition) is 2. The second-order valence-electron chi connectivity index (χ2n) is 6.26. The van der Waals surface area contributed by atoms with Crippen molar-refractivity contribution in [2.75, 3.05) is 38.9 Å². The molecule has 0 saturated carbocycles. The van der Waals surface area contributed by atoms with Gasteiger partial charge in [0.2, 0.25) is 11.7 Å². The maximum Gasteiger partial charge on any atom is 0.305 e. The molecule has 2 rings (SSSR count). The van der Waals surface area contributed by atoms with Crippen LogP contribution < -0.4 is 25.7 Å². The number of rotatable bonds is 11. The van der Waals surface area contributed by atoms with Crippen molar-refractivity contribution in [3.63, 3.8) is 0 Å². The second-order valence-corrected chi connectivity index (χ2v) is 6.26. The third-order valence-corrected chi connectivity index (χ3v) is 4.16. The number of unbranched alkanes of at least 4 members (excludes halogenated alkanes) is 1. The third kappa shape index (κ3) is 6.41. The Morgan fingerprint density at radius 1 is 1.10 bits per heavy atom. The first-order chi connectivity index (χ1) is 14.0. The molecule has 0 atom stereocenters. The largest absolute Gasteiger partial charge is 0.493 e. The van der Waals surface area contributed by atoms with Gasteiger partial charge in [-0.2, -0.15) is 4.98 Å². The highest BCUT2D eigenvalue weighted by Gasteiger charge is 2.16. The summed E-state index contributed by atoms with van der Waals surface area (Å²) in [5.74, 6) is 1.86. The predicted molar refractivity (Wildman–Crippen MR) is 109 cm³/mol. The topological polar surface area (TPSA) is 132 Å². The molecule has 1 aromatic heterocycles. The molecule has 0 aliphatic heterocycles. The van der Waals surface area contributed by atoms with Crippen molar-refractivity contribution in [1.82, 2.24) is 9.97 Å². The highest BCUT2D eigenvalue weighted by molar-refractivity contribution is 5.69. The van der Waals surface area contributed by atoms with Gasteiger partial charge in [0.05, 0.1) is 27.4 Å². The lowest BCUT2D eigenvalue weighted by atomic mass is 10.1. The molecule has 0 saturated heterocycles. The van der Waals surface area contributed by atoms with Crippen LogP contribution >= 0.6 is 0 Å². The molecule has 9 nitrogen and oxygen atoms in total. The van der Waals surface area contributed by atoms with E-state index in [0.29, 0.717) is 62.0 Å². The normalized spacial score (nSPS) is 10.4. The fraction of sp³-hybridized carbons (Fsp3) is 0.450. The monoisotopic (exact) mass is 404 g/mol. The molecule has 0 bridgehead atoms. The van der Waals surface area contributed by atoms with Gasteiger partial charge in [-0.1, -0.05) is 0 Å². The van der Waals surface area contributed by atoms with Crippen LogP contribution in [-0.4, -0.2) is 43.4 Å². The van der Waals surface area contributed by atoms with Gasteiger partial charge in [-0.15, -0.1) is 0 Å². The van der Waals surface area contributed by atoms with Crippen LogP contribution in [0.5, 0.6) is 17.2 Å². The Kier molecular flexibility index (Phi) is 8.32. The van der Waals surface area contributed by atoms with Gasteiger partial charge in [0, 0.05) is 24.6 Å². The van der Waals surface area contributed by atoms with E-state index in [1.807, 2.05) is 12.1 Å². The number of nitrogens with zero attached hydrogens (tertiary/aromatic N) is 2. The zero-order valence-electron chi connectivity index (χ0n) is 17.1. The van der Waals surface area contributed by atoms with E-state index in [1.165, 1.54) is 0 Å². The molecular weight excluding hydrogens is 376 g/mol. The van der Waals surface area contributed by atoms with Gasteiger partial charge in [0.15, 0.2) is 11.5 Å². The van der Waals surface area contributed by atoms with Crippen molar-refractivity contribution >= 4 is 17.7 Å². The Bertz CT molecular complexity index is 804. The molecule has 0 fully saturated rings. The van der Waals surface area contributed by atoms with Crippen molar-refractivity contribution < 1.29 is 23.7 Å². The number of nitrogen functional groups attached to an aromatic ring is 2. The Balaban J connectivity index is 2.06. The molecule has 158 valence electrons. The number of hydrogen-bond acceptors (Lipinski definition) is 9.